The van der Waals surface area contributed by atoms with E-state index < -0.39 is 0 Å². The van der Waals surface area contributed by atoms with E-state index >= 15 is 0 Å². The molecule has 0 bridgehead atoms. The van der Waals surface area contributed by atoms with Crippen LogP contribution in [-0.2, 0) is 0 Å². The fourth-order valence-corrected chi connectivity index (χ4v) is 4.26. The predicted molar refractivity (Wildman–Crippen MR) is 121 cm³/mol. The fourth-order valence-electron chi connectivity index (χ4n) is 3.34. The van der Waals surface area contributed by atoms with Gasteiger partial charge >= 0.3 is 0 Å². The highest BCUT2D eigenvalue weighted by Gasteiger charge is 2.18. The summed E-state index contributed by atoms with van der Waals surface area (Å²) < 4.78 is 7.93. The lowest BCUT2D eigenvalue weighted by molar-refractivity contribution is 0.259. The lowest BCUT2D eigenvalue weighted by Crippen LogP contribution is -2.26. The smallest absolute Gasteiger partial charge is 0.291 e. The van der Waals surface area contributed by atoms with Gasteiger partial charge in [0.2, 0.25) is 4.96 Å². The Kier molecular flexibility index (Phi) is 4.56. The van der Waals surface area contributed by atoms with Crippen LogP contribution in [0.2, 0.25) is 0 Å². The molecule has 0 amide bonds. The molecule has 148 valence electrons. The van der Waals surface area contributed by atoms with Crippen molar-refractivity contribution in [2.24, 2.45) is 0 Å². The third-order valence-corrected chi connectivity index (χ3v) is 5.97. The van der Waals surface area contributed by atoms with Gasteiger partial charge in [0.25, 0.3) is 5.56 Å². The fraction of sp³-hybridized carbons (Fsp3) is 0.125. The summed E-state index contributed by atoms with van der Waals surface area (Å²) in [5, 5.41) is 4.36. The van der Waals surface area contributed by atoms with Crippen molar-refractivity contribution in [3.63, 3.8) is 0 Å². The van der Waals surface area contributed by atoms with E-state index in [4.69, 9.17) is 4.74 Å². The van der Waals surface area contributed by atoms with Crippen LogP contribution in [0.4, 0.5) is 0 Å². The average molecular weight is 414 g/mol. The summed E-state index contributed by atoms with van der Waals surface area (Å²) >= 11 is 1.34. The maximum atomic E-state index is 12.8. The summed E-state index contributed by atoms with van der Waals surface area (Å²) in [5.41, 5.74) is 4.08. The second-order valence-electron chi connectivity index (χ2n) is 7.27. The summed E-state index contributed by atoms with van der Waals surface area (Å²) in [6.45, 7) is 4.03. The first-order valence-corrected chi connectivity index (χ1v) is 10.5. The molecule has 30 heavy (non-hydrogen) atoms. The minimum Gasteiger partial charge on any atom is -0.485 e. The minimum absolute atomic E-state index is 0.130. The number of benzene rings is 2. The van der Waals surface area contributed by atoms with Gasteiger partial charge in [-0.05, 0) is 49.3 Å². The second-order valence-corrected chi connectivity index (χ2v) is 8.28. The Labute approximate surface area is 177 Å². The van der Waals surface area contributed by atoms with Gasteiger partial charge in [-0.25, -0.2) is 0 Å². The zero-order valence-corrected chi connectivity index (χ0v) is 17.4. The van der Waals surface area contributed by atoms with Crippen molar-refractivity contribution >= 4 is 40.6 Å². The van der Waals surface area contributed by atoms with E-state index in [1.165, 1.54) is 21.4 Å². The molecule has 0 radical (unpaired) electrons. The second kappa shape index (κ2) is 7.39. The third-order valence-electron chi connectivity index (χ3n) is 5.01. The van der Waals surface area contributed by atoms with Crippen molar-refractivity contribution in [3.05, 3.63) is 91.5 Å². The summed E-state index contributed by atoms with van der Waals surface area (Å²) in [7, 11) is 0. The Hall–Kier alpha value is -3.51. The van der Waals surface area contributed by atoms with Crippen molar-refractivity contribution in [3.8, 4) is 5.75 Å². The molecule has 6 heteroatoms. The van der Waals surface area contributed by atoms with Gasteiger partial charge in [0.15, 0.2) is 5.82 Å². The zero-order valence-electron chi connectivity index (χ0n) is 16.6. The molecular weight excluding hydrogens is 394 g/mol. The van der Waals surface area contributed by atoms with E-state index in [2.05, 4.69) is 35.2 Å². The van der Waals surface area contributed by atoms with Gasteiger partial charge in [0, 0.05) is 5.56 Å². The van der Waals surface area contributed by atoms with Crippen LogP contribution in [0.15, 0.2) is 58.9 Å². The molecule has 0 saturated heterocycles. The zero-order chi connectivity index (χ0) is 20.7. The lowest BCUT2D eigenvalue weighted by atomic mass is 10.0. The quantitative estimate of drug-likeness (QED) is 0.510. The molecule has 0 aliphatic carbocycles. The predicted octanol–water partition coefficient (Wildman–Crippen LogP) is 3.99. The van der Waals surface area contributed by atoms with E-state index in [9.17, 15) is 4.79 Å². The number of ether oxygens (including phenoxy) is 1. The summed E-state index contributed by atoms with van der Waals surface area (Å²) in [4.78, 5) is 17.9. The molecule has 2 aromatic carbocycles. The van der Waals surface area contributed by atoms with Crippen molar-refractivity contribution in [2.75, 3.05) is 0 Å². The number of rotatable bonds is 3. The van der Waals surface area contributed by atoms with Crippen molar-refractivity contribution in [2.45, 2.75) is 20.0 Å². The lowest BCUT2D eigenvalue weighted by Gasteiger charge is -2.22. The largest absolute Gasteiger partial charge is 0.485 e. The molecule has 0 N–H and O–H groups in total. The first kappa shape index (κ1) is 18.5. The van der Waals surface area contributed by atoms with Crippen molar-refractivity contribution < 1.29 is 4.74 Å². The van der Waals surface area contributed by atoms with Gasteiger partial charge in [-0.2, -0.15) is 9.50 Å². The number of para-hydroxylation sites is 1. The maximum Gasteiger partial charge on any atom is 0.291 e. The van der Waals surface area contributed by atoms with Gasteiger partial charge in [0.1, 0.15) is 11.9 Å². The van der Waals surface area contributed by atoms with Gasteiger partial charge in [-0.15, -0.1) is 5.10 Å². The Bertz CT molecular complexity index is 1410. The molecule has 1 aliphatic rings. The number of thiazole rings is 1. The Morgan fingerprint density at radius 1 is 1.10 bits per heavy atom. The molecule has 2 aromatic heterocycles. The Morgan fingerprint density at radius 3 is 2.70 bits per heavy atom. The molecular formula is C24H19N3O2S. The molecule has 0 saturated carbocycles. The molecule has 1 aliphatic heterocycles. The minimum atomic E-state index is -0.163. The summed E-state index contributed by atoms with van der Waals surface area (Å²) in [6, 6.07) is 16.1. The standard InChI is InChI=1S/C24H19N3O2S/c1-15-7-9-17(10-8-15)11-12-22-25-24-27(26-22)23(28)21(30-24)14-19-13-18-5-3-4-6-20(18)29-16(19)2/h3-14,16H,1-2H3/b12-11+,21-14-. The van der Waals surface area contributed by atoms with Crippen molar-refractivity contribution in [1.29, 1.82) is 0 Å². The number of fused-ring (bicyclic) bond motifs is 2. The van der Waals surface area contributed by atoms with Crippen molar-refractivity contribution in [1.82, 2.24) is 14.6 Å². The molecule has 5 nitrogen and oxygen atoms in total. The van der Waals surface area contributed by atoms with Crippen LogP contribution in [0, 0.1) is 6.92 Å². The third kappa shape index (κ3) is 3.46. The Morgan fingerprint density at radius 2 is 1.90 bits per heavy atom. The maximum absolute atomic E-state index is 12.8. The molecule has 0 spiro atoms. The molecule has 1 unspecified atom stereocenters. The van der Waals surface area contributed by atoms with E-state index in [-0.39, 0.29) is 11.7 Å². The van der Waals surface area contributed by atoms with Gasteiger partial charge < -0.3 is 4.74 Å². The number of aryl methyl sites for hydroxylation is 1. The molecule has 5 rings (SSSR count). The average Bonchev–Trinajstić information content (AvgIpc) is 3.27. The van der Waals surface area contributed by atoms with E-state index in [0.29, 0.717) is 15.3 Å². The normalized spacial score (nSPS) is 16.7. The number of hydrogen-bond donors (Lipinski definition) is 0. The summed E-state index contributed by atoms with van der Waals surface area (Å²) in [6.07, 6.45) is 7.58. The van der Waals surface area contributed by atoms with Crippen LogP contribution in [0.25, 0.3) is 29.3 Å². The van der Waals surface area contributed by atoms with Crippen LogP contribution < -0.4 is 14.8 Å². The summed E-state index contributed by atoms with van der Waals surface area (Å²) in [5.74, 6) is 1.38. The first-order chi connectivity index (χ1) is 14.6. The Balaban J connectivity index is 1.48. The first-order valence-electron chi connectivity index (χ1n) is 9.70. The van der Waals surface area contributed by atoms with Crippen LogP contribution in [-0.4, -0.2) is 20.7 Å². The molecule has 4 aromatic rings. The highest BCUT2D eigenvalue weighted by Crippen LogP contribution is 2.29. The van der Waals surface area contributed by atoms with Crippen LogP contribution in [0.5, 0.6) is 5.75 Å². The molecule has 1 atom stereocenters. The van der Waals surface area contributed by atoms with Crippen LogP contribution in [0.3, 0.4) is 0 Å². The van der Waals surface area contributed by atoms with E-state index in [1.54, 1.807) is 0 Å². The molecule has 3 heterocycles. The van der Waals surface area contributed by atoms with Crippen LogP contribution >= 0.6 is 11.3 Å². The van der Waals surface area contributed by atoms with E-state index in [1.807, 2.05) is 61.5 Å². The van der Waals surface area contributed by atoms with Gasteiger partial charge in [-0.3, -0.25) is 4.79 Å². The highest BCUT2D eigenvalue weighted by molar-refractivity contribution is 7.15. The molecule has 0 fully saturated rings. The van der Waals surface area contributed by atoms with Crippen LogP contribution in [0.1, 0.15) is 29.4 Å². The highest BCUT2D eigenvalue weighted by atomic mass is 32.1. The monoisotopic (exact) mass is 413 g/mol. The van der Waals surface area contributed by atoms with E-state index in [0.717, 1.165) is 22.4 Å². The SMILES string of the molecule is Cc1ccc(/C=C/c2nc3s/c(=C\C4=Cc5ccccc5OC4C)c(=O)n3n2)cc1. The number of nitrogens with zero attached hydrogens (tertiary/aromatic N) is 3. The number of hydrogen-bond acceptors (Lipinski definition) is 5. The number of aromatic nitrogens is 3. The van der Waals surface area contributed by atoms with Gasteiger partial charge in [0.05, 0.1) is 4.53 Å². The topological polar surface area (TPSA) is 56.5 Å². The van der Waals surface area contributed by atoms with Gasteiger partial charge in [-0.1, -0.05) is 65.4 Å².